The maximum Gasteiger partial charge on any atom is 0.354 e. The van der Waals surface area contributed by atoms with Crippen LogP contribution in [-0.2, 0) is 11.4 Å². The third kappa shape index (κ3) is 4.88. The van der Waals surface area contributed by atoms with Crippen LogP contribution < -0.4 is 15.3 Å². The lowest BCUT2D eigenvalue weighted by Gasteiger charge is -2.39. The van der Waals surface area contributed by atoms with Gasteiger partial charge in [-0.05, 0) is 36.6 Å². The van der Waals surface area contributed by atoms with Crippen LogP contribution in [0.1, 0.15) is 36.7 Å². The third-order valence-electron chi connectivity index (χ3n) is 8.19. The molecular formula is C32H28ClF2N7O3. The Kier molecular flexibility index (Phi) is 7.74. The normalized spacial score (nSPS) is 15.8. The standard InChI is InChI=1S/C32H28ClF2N7O3/c1-6-23(43)41-10-9-40(14-18(41)12-36-5)31-19-11-20(33)24-25-22(38-13-21(34)26(25)35)15-45-30(24)29(19)42(32(44)39-31)28-17(4)7-8-37-27(28)16(2)3/h6-8,11,13,16,18H,1,9-10,12,14-15H2,2-4H3/t18-/m0/s1. The van der Waals surface area contributed by atoms with Crippen LogP contribution >= 0.6 is 11.6 Å². The molecule has 0 aliphatic carbocycles. The summed E-state index contributed by atoms with van der Waals surface area (Å²) in [7, 11) is 0. The van der Waals surface area contributed by atoms with E-state index in [2.05, 4.69) is 26.4 Å². The third-order valence-corrected chi connectivity index (χ3v) is 8.48. The van der Waals surface area contributed by atoms with Crippen molar-refractivity contribution >= 4 is 34.2 Å². The maximum atomic E-state index is 15.4. The summed E-state index contributed by atoms with van der Waals surface area (Å²) in [5.41, 5.74) is 1.55. The Morgan fingerprint density at radius 1 is 1.29 bits per heavy atom. The molecule has 1 amide bonds. The van der Waals surface area contributed by atoms with Crippen molar-refractivity contribution in [2.75, 3.05) is 31.1 Å². The number of halogens is 3. The summed E-state index contributed by atoms with van der Waals surface area (Å²) in [4.78, 5) is 46.9. The van der Waals surface area contributed by atoms with Crippen LogP contribution in [0.5, 0.6) is 5.75 Å². The van der Waals surface area contributed by atoms with Gasteiger partial charge in [-0.25, -0.2) is 20.1 Å². The number of hydrogen-bond acceptors (Lipinski definition) is 7. The van der Waals surface area contributed by atoms with E-state index in [1.165, 1.54) is 10.6 Å². The largest absolute Gasteiger partial charge is 0.484 e. The van der Waals surface area contributed by atoms with Crippen LogP contribution in [0.4, 0.5) is 14.6 Å². The first kappa shape index (κ1) is 30.1. The van der Waals surface area contributed by atoms with E-state index in [4.69, 9.17) is 22.9 Å². The Bertz CT molecular complexity index is 2010. The number of amides is 1. The summed E-state index contributed by atoms with van der Waals surface area (Å²) in [6.07, 6.45) is 3.66. The highest BCUT2D eigenvalue weighted by Crippen LogP contribution is 2.49. The minimum Gasteiger partial charge on any atom is -0.484 e. The number of rotatable bonds is 5. The fraction of sp³-hybridized carbons (Fsp3) is 0.312. The minimum atomic E-state index is -1.14. The Morgan fingerprint density at radius 3 is 2.78 bits per heavy atom. The van der Waals surface area contributed by atoms with Crippen LogP contribution in [-0.4, -0.2) is 62.5 Å². The van der Waals surface area contributed by atoms with Crippen molar-refractivity contribution in [1.29, 1.82) is 0 Å². The van der Waals surface area contributed by atoms with Crippen LogP contribution in [0, 0.1) is 25.1 Å². The number of fused-ring (bicyclic) bond motifs is 5. The Morgan fingerprint density at radius 2 is 2.07 bits per heavy atom. The molecule has 45 heavy (non-hydrogen) atoms. The molecule has 1 aromatic carbocycles. The van der Waals surface area contributed by atoms with E-state index in [9.17, 15) is 14.0 Å². The van der Waals surface area contributed by atoms with Gasteiger partial charge in [0.15, 0.2) is 17.4 Å². The predicted molar refractivity (Wildman–Crippen MR) is 166 cm³/mol. The van der Waals surface area contributed by atoms with Crippen molar-refractivity contribution in [2.24, 2.45) is 0 Å². The molecule has 13 heteroatoms. The molecule has 0 spiro atoms. The molecule has 0 bridgehead atoms. The topological polar surface area (TPSA) is 97.8 Å². The van der Waals surface area contributed by atoms with E-state index in [0.29, 0.717) is 23.3 Å². The first-order valence-corrected chi connectivity index (χ1v) is 14.7. The SMILES string of the molecule is [C-]#[N+]C[C@H]1CN(c2nc(=O)n(-c3c(C)ccnc3C(C)C)c3c4c(c(Cl)cc23)-c2c(ncc(F)c2F)CO4)CCN1C(=O)C=C. The Labute approximate surface area is 262 Å². The Balaban J connectivity index is 1.69. The molecule has 0 saturated carbocycles. The van der Waals surface area contributed by atoms with Gasteiger partial charge in [0, 0.05) is 36.8 Å². The zero-order valence-electron chi connectivity index (χ0n) is 24.8. The Hall–Kier alpha value is -4.89. The van der Waals surface area contributed by atoms with Gasteiger partial charge in [-0.3, -0.25) is 19.3 Å². The lowest BCUT2D eigenvalue weighted by atomic mass is 9.97. The first-order valence-electron chi connectivity index (χ1n) is 14.3. The van der Waals surface area contributed by atoms with Crippen LogP contribution in [0.15, 0.2) is 42.0 Å². The number of nitrogens with zero attached hydrogens (tertiary/aromatic N) is 7. The highest BCUT2D eigenvalue weighted by atomic mass is 35.5. The summed E-state index contributed by atoms with van der Waals surface area (Å²) in [5, 5.41) is 0.456. The molecule has 0 N–H and O–H groups in total. The number of aromatic nitrogens is 4. The molecule has 2 aliphatic rings. The van der Waals surface area contributed by atoms with Gasteiger partial charge in [0.05, 0.1) is 33.9 Å². The van der Waals surface area contributed by atoms with Gasteiger partial charge in [0.1, 0.15) is 24.0 Å². The van der Waals surface area contributed by atoms with Crippen LogP contribution in [0.2, 0.25) is 5.02 Å². The predicted octanol–water partition coefficient (Wildman–Crippen LogP) is 5.22. The van der Waals surface area contributed by atoms with Gasteiger partial charge >= 0.3 is 5.69 Å². The summed E-state index contributed by atoms with van der Waals surface area (Å²) < 4.78 is 37.5. The molecule has 1 fully saturated rings. The van der Waals surface area contributed by atoms with E-state index in [-0.39, 0.29) is 77.0 Å². The molecule has 230 valence electrons. The van der Waals surface area contributed by atoms with Crippen molar-refractivity contribution in [2.45, 2.75) is 39.3 Å². The van der Waals surface area contributed by atoms with Crippen molar-refractivity contribution in [3.63, 3.8) is 0 Å². The number of carbonyl (C=O) groups is 1. The number of hydrogen-bond donors (Lipinski definition) is 0. The van der Waals surface area contributed by atoms with Crippen molar-refractivity contribution in [1.82, 2.24) is 24.4 Å². The van der Waals surface area contributed by atoms with Gasteiger partial charge in [-0.1, -0.05) is 32.0 Å². The number of benzene rings is 1. The van der Waals surface area contributed by atoms with E-state index in [1.54, 1.807) is 23.2 Å². The molecule has 5 heterocycles. The molecule has 6 rings (SSSR count). The van der Waals surface area contributed by atoms with Gasteiger partial charge in [-0.2, -0.15) is 4.98 Å². The van der Waals surface area contributed by atoms with E-state index >= 15 is 4.39 Å². The average molecular weight is 632 g/mol. The quantitative estimate of drug-likeness (QED) is 0.220. The van der Waals surface area contributed by atoms with Gasteiger partial charge in [0.2, 0.25) is 12.5 Å². The number of piperazine rings is 1. The number of anilines is 1. The summed E-state index contributed by atoms with van der Waals surface area (Å²) in [6.45, 7) is 17.4. The molecule has 1 saturated heterocycles. The average Bonchev–Trinajstić information content (AvgIpc) is 3.02. The van der Waals surface area contributed by atoms with E-state index in [0.717, 1.165) is 11.8 Å². The summed E-state index contributed by atoms with van der Waals surface area (Å²) in [5.74, 6) is -2.32. The molecule has 0 unspecified atom stereocenters. The summed E-state index contributed by atoms with van der Waals surface area (Å²) in [6, 6.07) is 2.84. The van der Waals surface area contributed by atoms with Crippen molar-refractivity contribution in [3.8, 4) is 22.6 Å². The monoisotopic (exact) mass is 631 g/mol. The second-order valence-electron chi connectivity index (χ2n) is 11.2. The number of ether oxygens (including phenoxy) is 1. The lowest BCUT2D eigenvalue weighted by molar-refractivity contribution is -0.128. The van der Waals surface area contributed by atoms with Crippen molar-refractivity contribution < 1.29 is 18.3 Å². The number of aryl methyl sites for hydroxylation is 1. The zero-order valence-corrected chi connectivity index (χ0v) is 25.5. The molecular weight excluding hydrogens is 604 g/mol. The van der Waals surface area contributed by atoms with Crippen molar-refractivity contribution in [3.05, 3.63) is 92.7 Å². The first-order chi connectivity index (χ1) is 21.6. The molecule has 3 aromatic heterocycles. The van der Waals surface area contributed by atoms with Gasteiger partial charge < -0.3 is 19.4 Å². The van der Waals surface area contributed by atoms with E-state index < -0.39 is 23.4 Å². The molecule has 0 radical (unpaired) electrons. The summed E-state index contributed by atoms with van der Waals surface area (Å²) >= 11 is 6.85. The zero-order chi connectivity index (χ0) is 32.2. The second-order valence-corrected chi connectivity index (χ2v) is 11.6. The molecule has 10 nitrogen and oxygen atoms in total. The molecule has 4 aromatic rings. The van der Waals surface area contributed by atoms with Crippen LogP contribution in [0.3, 0.4) is 0 Å². The molecule has 2 aliphatic heterocycles. The lowest BCUT2D eigenvalue weighted by Crippen LogP contribution is -2.56. The maximum absolute atomic E-state index is 15.4. The van der Waals surface area contributed by atoms with E-state index in [1.807, 2.05) is 25.7 Å². The smallest absolute Gasteiger partial charge is 0.354 e. The fourth-order valence-corrected chi connectivity index (χ4v) is 6.42. The second kappa shape index (κ2) is 11.6. The number of pyridine rings is 2. The number of carbonyl (C=O) groups excluding carboxylic acids is 1. The fourth-order valence-electron chi connectivity index (χ4n) is 6.13. The molecule has 1 atom stereocenters. The van der Waals surface area contributed by atoms with Gasteiger partial charge in [0.25, 0.3) is 0 Å². The van der Waals surface area contributed by atoms with Gasteiger partial charge in [-0.15, -0.1) is 0 Å². The highest BCUT2D eigenvalue weighted by Gasteiger charge is 2.36. The minimum absolute atomic E-state index is 0.0333. The highest BCUT2D eigenvalue weighted by molar-refractivity contribution is 6.35. The van der Waals surface area contributed by atoms with Crippen LogP contribution in [0.25, 0.3) is 32.6 Å².